The van der Waals surface area contributed by atoms with Crippen molar-refractivity contribution in [2.24, 2.45) is 5.92 Å². The van der Waals surface area contributed by atoms with Gasteiger partial charge >= 0.3 is 0 Å². The van der Waals surface area contributed by atoms with Crippen LogP contribution < -0.4 is 4.72 Å². The predicted octanol–water partition coefficient (Wildman–Crippen LogP) is 0.741. The molecule has 0 saturated carbocycles. The van der Waals surface area contributed by atoms with Gasteiger partial charge in [-0.2, -0.15) is 0 Å². The molecule has 84 valence electrons. The third-order valence-corrected chi connectivity index (χ3v) is 3.95. The Morgan fingerprint density at radius 2 is 1.93 bits per heavy atom. The van der Waals surface area contributed by atoms with Crippen molar-refractivity contribution in [2.45, 2.75) is 32.7 Å². The van der Waals surface area contributed by atoms with Crippen molar-refractivity contribution in [2.75, 3.05) is 19.0 Å². The summed E-state index contributed by atoms with van der Waals surface area (Å²) in [4.78, 5) is 0. The lowest BCUT2D eigenvalue weighted by Crippen LogP contribution is -2.36. The van der Waals surface area contributed by atoms with E-state index in [9.17, 15) is 8.42 Å². The molecule has 0 aromatic carbocycles. The van der Waals surface area contributed by atoms with Crippen LogP contribution >= 0.6 is 0 Å². The Morgan fingerprint density at radius 3 is 2.43 bits per heavy atom. The fourth-order valence-corrected chi connectivity index (χ4v) is 3.40. The second-order valence-corrected chi connectivity index (χ2v) is 5.91. The molecule has 0 aliphatic carbocycles. The molecule has 0 aromatic heterocycles. The van der Waals surface area contributed by atoms with Gasteiger partial charge in [-0.25, -0.2) is 13.1 Å². The lowest BCUT2D eigenvalue weighted by atomic mass is 10.0. The molecule has 14 heavy (non-hydrogen) atoms. The molecule has 0 radical (unpaired) electrons. The molecule has 0 aromatic rings. The second kappa shape index (κ2) is 5.09. The Bertz CT molecular complexity index is 255. The van der Waals surface area contributed by atoms with E-state index >= 15 is 0 Å². The van der Waals surface area contributed by atoms with E-state index in [2.05, 4.69) is 4.72 Å². The van der Waals surface area contributed by atoms with Gasteiger partial charge in [0.1, 0.15) is 0 Å². The van der Waals surface area contributed by atoms with E-state index in [0.717, 1.165) is 12.8 Å². The van der Waals surface area contributed by atoms with Gasteiger partial charge in [-0.1, -0.05) is 0 Å². The van der Waals surface area contributed by atoms with Crippen LogP contribution in [0.3, 0.4) is 0 Å². The highest BCUT2D eigenvalue weighted by molar-refractivity contribution is 7.89. The number of hydrogen-bond acceptors (Lipinski definition) is 3. The minimum absolute atomic E-state index is 0.0140. The van der Waals surface area contributed by atoms with E-state index in [4.69, 9.17) is 4.74 Å². The van der Waals surface area contributed by atoms with Crippen molar-refractivity contribution < 1.29 is 13.2 Å². The number of ether oxygens (including phenoxy) is 1. The first kappa shape index (κ1) is 11.9. The summed E-state index contributed by atoms with van der Waals surface area (Å²) in [6.45, 7) is 5.06. The Morgan fingerprint density at radius 1 is 1.36 bits per heavy atom. The molecular formula is C9H19NO3S. The van der Waals surface area contributed by atoms with Crippen LogP contribution in [-0.2, 0) is 14.8 Å². The van der Waals surface area contributed by atoms with Crippen LogP contribution in [0.2, 0.25) is 0 Å². The fourth-order valence-electron chi connectivity index (χ4n) is 1.63. The topological polar surface area (TPSA) is 55.4 Å². The van der Waals surface area contributed by atoms with Gasteiger partial charge in [0.2, 0.25) is 10.0 Å². The number of nitrogens with one attached hydrogen (secondary N) is 1. The van der Waals surface area contributed by atoms with E-state index in [1.165, 1.54) is 0 Å². The van der Waals surface area contributed by atoms with Crippen LogP contribution in [0.1, 0.15) is 26.7 Å². The van der Waals surface area contributed by atoms with E-state index in [0.29, 0.717) is 13.2 Å². The molecule has 5 heteroatoms. The Hall–Kier alpha value is -0.130. The highest BCUT2D eigenvalue weighted by Gasteiger charge is 2.21. The number of sulfonamides is 1. The summed E-state index contributed by atoms with van der Waals surface area (Å²) in [5.74, 6) is 0.508. The monoisotopic (exact) mass is 221 g/mol. The molecule has 1 aliphatic heterocycles. The zero-order valence-electron chi connectivity index (χ0n) is 8.82. The first-order valence-corrected chi connectivity index (χ1v) is 6.72. The van der Waals surface area contributed by atoms with Crippen LogP contribution in [-0.4, -0.2) is 33.4 Å². The van der Waals surface area contributed by atoms with Gasteiger partial charge in [-0.15, -0.1) is 0 Å². The lowest BCUT2D eigenvalue weighted by molar-refractivity contribution is 0.0723. The zero-order chi connectivity index (χ0) is 10.6. The average Bonchev–Trinajstić information content (AvgIpc) is 2.02. The second-order valence-electron chi connectivity index (χ2n) is 4.11. The summed E-state index contributed by atoms with van der Waals surface area (Å²) >= 11 is 0. The molecular weight excluding hydrogens is 202 g/mol. The minimum Gasteiger partial charge on any atom is -0.381 e. The largest absolute Gasteiger partial charge is 0.381 e. The third kappa shape index (κ3) is 4.39. The normalized spacial score (nSPS) is 20.2. The fraction of sp³-hybridized carbons (Fsp3) is 1.00. The van der Waals surface area contributed by atoms with Crippen molar-refractivity contribution in [3.05, 3.63) is 0 Å². The summed E-state index contributed by atoms with van der Waals surface area (Å²) in [5, 5.41) is 0. The number of hydrogen-bond donors (Lipinski definition) is 1. The summed E-state index contributed by atoms with van der Waals surface area (Å²) < 4.78 is 30.9. The van der Waals surface area contributed by atoms with Gasteiger partial charge in [0.05, 0.1) is 5.75 Å². The SMILES string of the molecule is CC(C)NS(=O)(=O)CC1CCOCC1. The van der Waals surface area contributed by atoms with Gasteiger partial charge in [-0.3, -0.25) is 0 Å². The van der Waals surface area contributed by atoms with Crippen LogP contribution in [0, 0.1) is 5.92 Å². The highest BCUT2D eigenvalue weighted by Crippen LogP contribution is 2.16. The van der Waals surface area contributed by atoms with Gasteiger partial charge in [0, 0.05) is 19.3 Å². The van der Waals surface area contributed by atoms with E-state index in [-0.39, 0.29) is 17.7 Å². The first-order valence-electron chi connectivity index (χ1n) is 5.07. The third-order valence-electron chi connectivity index (χ3n) is 2.21. The Kier molecular flexibility index (Phi) is 4.34. The Labute approximate surface area is 86.1 Å². The molecule has 1 fully saturated rings. The maximum absolute atomic E-state index is 11.6. The molecule has 0 unspecified atom stereocenters. The van der Waals surface area contributed by atoms with Crippen molar-refractivity contribution >= 4 is 10.0 Å². The van der Waals surface area contributed by atoms with Gasteiger partial charge in [0.15, 0.2) is 0 Å². The molecule has 4 nitrogen and oxygen atoms in total. The zero-order valence-corrected chi connectivity index (χ0v) is 9.64. The molecule has 1 saturated heterocycles. The summed E-state index contributed by atoms with van der Waals surface area (Å²) in [6, 6.07) is -0.0140. The molecule has 1 rings (SSSR count). The Balaban J connectivity index is 2.41. The molecule has 1 N–H and O–H groups in total. The van der Waals surface area contributed by atoms with E-state index in [1.807, 2.05) is 13.8 Å². The molecule has 1 aliphatic rings. The maximum atomic E-state index is 11.6. The molecule has 0 spiro atoms. The van der Waals surface area contributed by atoms with Crippen LogP contribution in [0.4, 0.5) is 0 Å². The summed E-state index contributed by atoms with van der Waals surface area (Å²) in [7, 11) is -3.09. The molecule has 0 amide bonds. The molecule has 0 atom stereocenters. The summed E-state index contributed by atoms with van der Waals surface area (Å²) in [5.41, 5.74) is 0. The van der Waals surface area contributed by atoms with E-state index in [1.54, 1.807) is 0 Å². The van der Waals surface area contributed by atoms with Crippen LogP contribution in [0.25, 0.3) is 0 Å². The van der Waals surface area contributed by atoms with Crippen molar-refractivity contribution in [3.63, 3.8) is 0 Å². The average molecular weight is 221 g/mol. The van der Waals surface area contributed by atoms with Gasteiger partial charge < -0.3 is 4.74 Å². The van der Waals surface area contributed by atoms with Crippen LogP contribution in [0.15, 0.2) is 0 Å². The standard InChI is InChI=1S/C9H19NO3S/c1-8(2)10-14(11,12)7-9-3-5-13-6-4-9/h8-10H,3-7H2,1-2H3. The van der Waals surface area contributed by atoms with Crippen molar-refractivity contribution in [1.29, 1.82) is 0 Å². The predicted molar refractivity (Wildman–Crippen MR) is 55.6 cm³/mol. The summed E-state index contributed by atoms with van der Waals surface area (Å²) in [6.07, 6.45) is 1.72. The van der Waals surface area contributed by atoms with Gasteiger partial charge in [-0.05, 0) is 32.6 Å². The van der Waals surface area contributed by atoms with Crippen LogP contribution in [0.5, 0.6) is 0 Å². The van der Waals surface area contributed by atoms with Crippen molar-refractivity contribution in [1.82, 2.24) is 4.72 Å². The quantitative estimate of drug-likeness (QED) is 0.762. The first-order chi connectivity index (χ1) is 6.49. The molecule has 1 heterocycles. The lowest BCUT2D eigenvalue weighted by Gasteiger charge is -2.22. The van der Waals surface area contributed by atoms with Crippen molar-refractivity contribution in [3.8, 4) is 0 Å². The maximum Gasteiger partial charge on any atom is 0.212 e. The highest BCUT2D eigenvalue weighted by atomic mass is 32.2. The number of rotatable bonds is 4. The smallest absolute Gasteiger partial charge is 0.212 e. The van der Waals surface area contributed by atoms with E-state index < -0.39 is 10.0 Å². The minimum atomic E-state index is -3.09. The molecule has 0 bridgehead atoms. The van der Waals surface area contributed by atoms with Gasteiger partial charge in [0.25, 0.3) is 0 Å².